The van der Waals surface area contributed by atoms with E-state index in [1.165, 1.54) is 12.1 Å². The zero-order valence-electron chi connectivity index (χ0n) is 16.0. The molecular formula is C21H18N2O8. The summed E-state index contributed by atoms with van der Waals surface area (Å²) in [5, 5.41) is 50.4. The Bertz CT molecular complexity index is 1280. The lowest BCUT2D eigenvalue weighted by Crippen LogP contribution is -2.43. The number of benzene rings is 2. The van der Waals surface area contributed by atoms with E-state index >= 15 is 0 Å². The Morgan fingerprint density at radius 3 is 2.29 bits per heavy atom. The van der Waals surface area contributed by atoms with Crippen molar-refractivity contribution in [2.45, 2.75) is 24.9 Å². The van der Waals surface area contributed by atoms with E-state index in [-0.39, 0.29) is 33.5 Å². The molecule has 0 spiro atoms. The number of nitro groups is 1. The fourth-order valence-electron chi connectivity index (χ4n) is 3.92. The summed E-state index contributed by atoms with van der Waals surface area (Å²) < 4.78 is 1.07. The third-order valence-electron chi connectivity index (χ3n) is 5.46. The minimum atomic E-state index is -1.76. The summed E-state index contributed by atoms with van der Waals surface area (Å²) in [7, 11) is 0. The van der Waals surface area contributed by atoms with Crippen LogP contribution in [0.25, 0.3) is 22.0 Å². The minimum absolute atomic E-state index is 0.0847. The van der Waals surface area contributed by atoms with Gasteiger partial charge in [-0.05, 0) is 6.07 Å². The molecular weight excluding hydrogens is 408 g/mol. The molecule has 2 aromatic carbocycles. The number of nitro benzene ring substituents is 1. The van der Waals surface area contributed by atoms with Crippen LogP contribution in [0.15, 0.2) is 47.3 Å². The van der Waals surface area contributed by atoms with E-state index in [2.05, 4.69) is 0 Å². The largest absolute Gasteiger partial charge is 0.394 e. The van der Waals surface area contributed by atoms with E-state index in [0.29, 0.717) is 11.1 Å². The van der Waals surface area contributed by atoms with E-state index in [0.717, 1.165) is 10.6 Å². The first-order valence-electron chi connectivity index (χ1n) is 9.40. The van der Waals surface area contributed by atoms with Gasteiger partial charge in [0.05, 0.1) is 34.7 Å². The average Bonchev–Trinajstić information content (AvgIpc) is 3.07. The van der Waals surface area contributed by atoms with Gasteiger partial charge in [-0.15, -0.1) is 0 Å². The zero-order chi connectivity index (χ0) is 22.4. The van der Waals surface area contributed by atoms with E-state index < -0.39 is 41.9 Å². The summed E-state index contributed by atoms with van der Waals surface area (Å²) in [4.78, 5) is 37.0. The number of hydrogen-bond donors (Lipinski definition) is 4. The van der Waals surface area contributed by atoms with Crippen LogP contribution in [-0.4, -0.2) is 60.6 Å². The summed E-state index contributed by atoms with van der Waals surface area (Å²) in [6, 6.07) is 10.2. The SMILES string of the molecule is O=C1c2ccccc2-c2c1c1ccc([N+](=O)[O-])cc1c(=O)n2C[C@@H](O)[C@H](O)[C@H](O)CO. The molecule has 1 heterocycles. The van der Waals surface area contributed by atoms with Crippen LogP contribution >= 0.6 is 0 Å². The standard InChI is InChI=1S/C21H18N2O8/c24-9-16(26)20(28)15(25)8-22-18-12-3-1-2-4-13(12)19(27)17(18)11-6-5-10(23(30)31)7-14(11)21(22)29/h1-7,15-16,20,24-26,28H,8-9H2/t15-,16-,20+/m1/s1. The van der Waals surface area contributed by atoms with Crippen molar-refractivity contribution in [1.82, 2.24) is 4.57 Å². The third-order valence-corrected chi connectivity index (χ3v) is 5.46. The molecule has 0 saturated carbocycles. The lowest BCUT2D eigenvalue weighted by Gasteiger charge is -2.24. The monoisotopic (exact) mass is 426 g/mol. The Hall–Kier alpha value is -3.44. The van der Waals surface area contributed by atoms with Crippen LogP contribution in [-0.2, 0) is 6.54 Å². The maximum atomic E-state index is 13.3. The van der Waals surface area contributed by atoms with Crippen LogP contribution < -0.4 is 5.56 Å². The highest BCUT2D eigenvalue weighted by molar-refractivity contribution is 6.26. The van der Waals surface area contributed by atoms with Gasteiger partial charge < -0.3 is 25.0 Å². The van der Waals surface area contributed by atoms with Gasteiger partial charge >= 0.3 is 0 Å². The van der Waals surface area contributed by atoms with Gasteiger partial charge in [-0.1, -0.05) is 24.3 Å². The van der Waals surface area contributed by atoms with E-state index in [9.17, 15) is 35.0 Å². The van der Waals surface area contributed by atoms with Crippen molar-refractivity contribution in [3.8, 4) is 11.3 Å². The number of carbonyl (C=O) groups excluding carboxylic acids is 1. The van der Waals surface area contributed by atoms with Gasteiger partial charge in [-0.2, -0.15) is 0 Å². The van der Waals surface area contributed by atoms with Crippen LogP contribution in [0, 0.1) is 10.1 Å². The van der Waals surface area contributed by atoms with Crippen LogP contribution in [0.3, 0.4) is 0 Å². The Morgan fingerprint density at radius 1 is 0.968 bits per heavy atom. The van der Waals surface area contributed by atoms with Crippen molar-refractivity contribution < 1.29 is 30.1 Å². The Morgan fingerprint density at radius 2 is 1.65 bits per heavy atom. The molecule has 0 radical (unpaired) electrons. The topological polar surface area (TPSA) is 163 Å². The van der Waals surface area contributed by atoms with Crippen molar-refractivity contribution in [2.24, 2.45) is 0 Å². The lowest BCUT2D eigenvalue weighted by molar-refractivity contribution is -0.384. The maximum absolute atomic E-state index is 13.3. The molecule has 0 fully saturated rings. The van der Waals surface area contributed by atoms with Gasteiger partial charge in [0.25, 0.3) is 11.2 Å². The van der Waals surface area contributed by atoms with Gasteiger partial charge in [0, 0.05) is 28.6 Å². The molecule has 1 aliphatic rings. The number of aliphatic hydroxyl groups excluding tert-OH is 4. The minimum Gasteiger partial charge on any atom is -0.394 e. The zero-order valence-corrected chi connectivity index (χ0v) is 16.0. The number of carbonyl (C=O) groups is 1. The normalized spacial score (nSPS) is 15.4. The molecule has 160 valence electrons. The highest BCUT2D eigenvalue weighted by Gasteiger charge is 2.34. The molecule has 4 rings (SSSR count). The van der Waals surface area contributed by atoms with Crippen molar-refractivity contribution in [3.05, 3.63) is 74.1 Å². The van der Waals surface area contributed by atoms with Crippen LogP contribution in [0.1, 0.15) is 15.9 Å². The molecule has 10 nitrogen and oxygen atoms in total. The average molecular weight is 426 g/mol. The molecule has 1 aliphatic carbocycles. The van der Waals surface area contributed by atoms with Gasteiger partial charge in [0.15, 0.2) is 5.78 Å². The number of ketones is 1. The van der Waals surface area contributed by atoms with Crippen LogP contribution in [0.5, 0.6) is 0 Å². The molecule has 0 aliphatic heterocycles. The summed E-state index contributed by atoms with van der Waals surface area (Å²) in [6.45, 7) is -1.32. The Kier molecular flexibility index (Phi) is 5.15. The first kappa shape index (κ1) is 20.8. The first-order chi connectivity index (χ1) is 14.8. The van der Waals surface area contributed by atoms with Crippen LogP contribution in [0.4, 0.5) is 5.69 Å². The number of non-ortho nitro benzene ring substituents is 1. The molecule has 3 aromatic rings. The highest BCUT2D eigenvalue weighted by Crippen LogP contribution is 2.39. The fraction of sp³-hybridized carbons (Fsp3) is 0.238. The fourth-order valence-corrected chi connectivity index (χ4v) is 3.92. The van der Waals surface area contributed by atoms with Crippen molar-refractivity contribution in [1.29, 1.82) is 0 Å². The van der Waals surface area contributed by atoms with Crippen molar-refractivity contribution in [3.63, 3.8) is 0 Å². The number of nitrogens with zero attached hydrogens (tertiary/aromatic N) is 2. The second-order valence-corrected chi connectivity index (χ2v) is 7.31. The summed E-state index contributed by atoms with van der Waals surface area (Å²) >= 11 is 0. The molecule has 0 bridgehead atoms. The number of hydrogen-bond acceptors (Lipinski definition) is 8. The number of aliphatic hydroxyl groups is 4. The van der Waals surface area contributed by atoms with Crippen molar-refractivity contribution in [2.75, 3.05) is 6.61 Å². The van der Waals surface area contributed by atoms with Gasteiger partial charge in [0.1, 0.15) is 18.3 Å². The lowest BCUT2D eigenvalue weighted by atomic mass is 10.0. The van der Waals surface area contributed by atoms with E-state index in [1.807, 2.05) is 0 Å². The van der Waals surface area contributed by atoms with Crippen LogP contribution in [0.2, 0.25) is 0 Å². The highest BCUT2D eigenvalue weighted by atomic mass is 16.6. The number of rotatable bonds is 6. The number of fused-ring (bicyclic) bond motifs is 5. The molecule has 3 atom stereocenters. The predicted molar refractivity (Wildman–Crippen MR) is 109 cm³/mol. The predicted octanol–water partition coefficient (Wildman–Crippen LogP) is 0.196. The molecule has 4 N–H and O–H groups in total. The molecule has 0 unspecified atom stereocenters. The van der Waals surface area contributed by atoms with E-state index in [4.69, 9.17) is 5.11 Å². The van der Waals surface area contributed by atoms with Gasteiger partial charge in [0.2, 0.25) is 0 Å². The maximum Gasteiger partial charge on any atom is 0.270 e. The second kappa shape index (κ2) is 7.67. The summed E-state index contributed by atoms with van der Waals surface area (Å²) in [6.07, 6.45) is -5.07. The molecule has 0 amide bonds. The van der Waals surface area contributed by atoms with Gasteiger partial charge in [-0.3, -0.25) is 19.7 Å². The Balaban J connectivity index is 2.01. The van der Waals surface area contributed by atoms with Gasteiger partial charge in [-0.25, -0.2) is 0 Å². The molecule has 31 heavy (non-hydrogen) atoms. The Labute approximate surface area is 174 Å². The first-order valence-corrected chi connectivity index (χ1v) is 9.40. The molecule has 0 saturated heterocycles. The summed E-state index contributed by atoms with van der Waals surface area (Å²) in [5.41, 5.74) is 0.125. The molecule has 10 heteroatoms. The number of pyridine rings is 1. The van der Waals surface area contributed by atoms with Crippen molar-refractivity contribution >= 4 is 22.2 Å². The quantitative estimate of drug-likeness (QED) is 0.251. The van der Waals surface area contributed by atoms with E-state index in [1.54, 1.807) is 24.3 Å². The smallest absolute Gasteiger partial charge is 0.270 e. The third kappa shape index (κ3) is 3.22. The molecule has 1 aromatic heterocycles. The second-order valence-electron chi connectivity index (χ2n) is 7.31. The summed E-state index contributed by atoms with van der Waals surface area (Å²) in [5.74, 6) is -0.372. The number of aromatic nitrogens is 1.